The summed E-state index contributed by atoms with van der Waals surface area (Å²) in [6.45, 7) is 3.89. The minimum Gasteiger partial charge on any atom is -0.342 e. The molecular formula is C15H21ClN2O. The highest BCUT2D eigenvalue weighted by Crippen LogP contribution is 2.21. The number of hydrogen-bond acceptors (Lipinski definition) is 2. The van der Waals surface area contributed by atoms with Gasteiger partial charge < -0.3 is 10.2 Å². The molecule has 0 bridgehead atoms. The highest BCUT2D eigenvalue weighted by Gasteiger charge is 2.30. The molecule has 0 atom stereocenters. The van der Waals surface area contributed by atoms with E-state index in [2.05, 4.69) is 12.2 Å². The lowest BCUT2D eigenvalue weighted by atomic mass is 9.89. The highest BCUT2D eigenvalue weighted by molar-refractivity contribution is 6.30. The third kappa shape index (κ3) is 3.71. The Labute approximate surface area is 119 Å². The van der Waals surface area contributed by atoms with E-state index < -0.39 is 0 Å². The zero-order chi connectivity index (χ0) is 13.9. The molecule has 2 rings (SSSR count). The van der Waals surface area contributed by atoms with Crippen molar-refractivity contribution < 1.29 is 4.79 Å². The van der Waals surface area contributed by atoms with Gasteiger partial charge in [-0.25, -0.2) is 0 Å². The minimum absolute atomic E-state index is 0.178. The Morgan fingerprint density at radius 1 is 1.32 bits per heavy atom. The number of rotatable bonds is 3. The van der Waals surface area contributed by atoms with Crippen LogP contribution in [0.1, 0.15) is 25.3 Å². The quantitative estimate of drug-likeness (QED) is 0.923. The summed E-state index contributed by atoms with van der Waals surface area (Å²) in [7, 11) is 1.99. The van der Waals surface area contributed by atoms with Crippen molar-refractivity contribution in [2.24, 2.45) is 0 Å². The Bertz CT molecular complexity index is 436. The number of likely N-dealkylation sites (tertiary alicyclic amines) is 1. The molecule has 3 nitrogen and oxygen atoms in total. The van der Waals surface area contributed by atoms with Crippen LogP contribution in [0.4, 0.5) is 0 Å². The van der Waals surface area contributed by atoms with Crippen LogP contribution in [-0.2, 0) is 11.2 Å². The Hall–Kier alpha value is -1.06. The number of hydrogen-bond donors (Lipinski definition) is 1. The van der Waals surface area contributed by atoms with E-state index in [4.69, 9.17) is 11.6 Å². The van der Waals surface area contributed by atoms with Gasteiger partial charge in [0.2, 0.25) is 5.91 Å². The van der Waals surface area contributed by atoms with Crippen LogP contribution in [0.25, 0.3) is 0 Å². The molecule has 0 spiro atoms. The van der Waals surface area contributed by atoms with Crippen LogP contribution < -0.4 is 5.32 Å². The van der Waals surface area contributed by atoms with Crippen molar-refractivity contribution in [2.75, 3.05) is 20.1 Å². The highest BCUT2D eigenvalue weighted by atomic mass is 35.5. The summed E-state index contributed by atoms with van der Waals surface area (Å²) in [5.41, 5.74) is 1.20. The maximum Gasteiger partial charge on any atom is 0.226 e. The van der Waals surface area contributed by atoms with E-state index >= 15 is 0 Å². The summed E-state index contributed by atoms with van der Waals surface area (Å²) in [5, 5.41) is 4.05. The SMILES string of the molecule is CNC1(C)CCN(C(=O)Cc2ccc(Cl)cc2)CC1. The van der Waals surface area contributed by atoms with E-state index in [1.54, 1.807) is 0 Å². The van der Waals surface area contributed by atoms with Crippen molar-refractivity contribution in [3.63, 3.8) is 0 Å². The summed E-state index contributed by atoms with van der Waals surface area (Å²) < 4.78 is 0. The molecule has 104 valence electrons. The molecule has 1 saturated heterocycles. The van der Waals surface area contributed by atoms with E-state index in [-0.39, 0.29) is 11.4 Å². The zero-order valence-corrected chi connectivity index (χ0v) is 12.3. The molecule has 1 aliphatic heterocycles. The molecule has 0 saturated carbocycles. The minimum atomic E-state index is 0.178. The van der Waals surface area contributed by atoms with E-state index in [1.165, 1.54) is 0 Å². The van der Waals surface area contributed by atoms with Gasteiger partial charge >= 0.3 is 0 Å². The van der Waals surface area contributed by atoms with Crippen molar-refractivity contribution in [2.45, 2.75) is 31.7 Å². The van der Waals surface area contributed by atoms with Crippen LogP contribution in [0.2, 0.25) is 5.02 Å². The molecule has 1 fully saturated rings. The molecule has 0 unspecified atom stereocenters. The largest absolute Gasteiger partial charge is 0.342 e. The molecule has 1 aromatic rings. The summed E-state index contributed by atoms with van der Waals surface area (Å²) >= 11 is 5.84. The third-order valence-corrected chi connectivity index (χ3v) is 4.34. The number of carbonyl (C=O) groups excluding carboxylic acids is 1. The molecule has 0 aliphatic carbocycles. The van der Waals surface area contributed by atoms with Crippen LogP contribution in [0.3, 0.4) is 0 Å². The van der Waals surface area contributed by atoms with Crippen LogP contribution in [0, 0.1) is 0 Å². The number of amides is 1. The van der Waals surface area contributed by atoms with Crippen molar-refractivity contribution in [1.82, 2.24) is 10.2 Å². The molecule has 1 amide bonds. The molecule has 4 heteroatoms. The maximum atomic E-state index is 12.2. The van der Waals surface area contributed by atoms with Crippen molar-refractivity contribution >= 4 is 17.5 Å². The van der Waals surface area contributed by atoms with Crippen LogP contribution in [0.5, 0.6) is 0 Å². The molecule has 1 N–H and O–H groups in total. The fourth-order valence-corrected chi connectivity index (χ4v) is 2.51. The van der Waals surface area contributed by atoms with Gasteiger partial charge in [-0.05, 0) is 44.5 Å². The molecular weight excluding hydrogens is 260 g/mol. The average Bonchev–Trinajstić information content (AvgIpc) is 2.42. The normalized spacial score (nSPS) is 18.4. The lowest BCUT2D eigenvalue weighted by Crippen LogP contribution is -2.51. The molecule has 0 aromatic heterocycles. The second-order valence-electron chi connectivity index (χ2n) is 5.49. The van der Waals surface area contributed by atoms with Gasteiger partial charge in [0, 0.05) is 23.7 Å². The first-order valence-corrected chi connectivity index (χ1v) is 7.11. The number of nitrogens with one attached hydrogen (secondary N) is 1. The summed E-state index contributed by atoms with van der Waals surface area (Å²) in [4.78, 5) is 14.2. The lowest BCUT2D eigenvalue weighted by Gasteiger charge is -2.39. The van der Waals surface area contributed by atoms with E-state index in [9.17, 15) is 4.79 Å². The van der Waals surface area contributed by atoms with E-state index in [0.29, 0.717) is 11.4 Å². The van der Waals surface area contributed by atoms with Crippen molar-refractivity contribution in [3.05, 3.63) is 34.9 Å². The van der Waals surface area contributed by atoms with Gasteiger partial charge in [0.05, 0.1) is 6.42 Å². The molecule has 1 aromatic carbocycles. The Morgan fingerprint density at radius 3 is 2.42 bits per heavy atom. The maximum absolute atomic E-state index is 12.2. The summed E-state index contributed by atoms with van der Waals surface area (Å²) in [5.74, 6) is 0.209. The topological polar surface area (TPSA) is 32.3 Å². The van der Waals surface area contributed by atoms with Gasteiger partial charge in [-0.1, -0.05) is 23.7 Å². The standard InChI is InChI=1S/C15H21ClN2O/c1-15(17-2)7-9-18(10-8-15)14(19)11-12-3-5-13(16)6-4-12/h3-6,17H,7-11H2,1-2H3. The van der Waals surface area contributed by atoms with Gasteiger partial charge in [0.25, 0.3) is 0 Å². The van der Waals surface area contributed by atoms with Gasteiger partial charge in [0.15, 0.2) is 0 Å². The second-order valence-corrected chi connectivity index (χ2v) is 5.93. The van der Waals surface area contributed by atoms with E-state index in [0.717, 1.165) is 31.5 Å². The predicted molar refractivity (Wildman–Crippen MR) is 78.4 cm³/mol. The second kappa shape index (κ2) is 5.93. The molecule has 0 radical (unpaired) electrons. The Balaban J connectivity index is 1.89. The average molecular weight is 281 g/mol. The fraction of sp³-hybridized carbons (Fsp3) is 0.533. The molecule has 1 aliphatic rings. The van der Waals surface area contributed by atoms with E-state index in [1.807, 2.05) is 36.2 Å². The summed E-state index contributed by atoms with van der Waals surface area (Å²) in [6, 6.07) is 7.50. The first-order valence-electron chi connectivity index (χ1n) is 6.73. The third-order valence-electron chi connectivity index (χ3n) is 4.09. The van der Waals surface area contributed by atoms with Gasteiger partial charge in [-0.2, -0.15) is 0 Å². The van der Waals surface area contributed by atoms with Crippen LogP contribution >= 0.6 is 11.6 Å². The first-order chi connectivity index (χ1) is 9.02. The Kier molecular flexibility index (Phi) is 4.48. The number of nitrogens with zero attached hydrogens (tertiary/aromatic N) is 1. The molecule has 19 heavy (non-hydrogen) atoms. The number of carbonyl (C=O) groups is 1. The number of piperidine rings is 1. The lowest BCUT2D eigenvalue weighted by molar-refractivity contribution is -0.132. The molecule has 1 heterocycles. The van der Waals surface area contributed by atoms with Gasteiger partial charge in [0.1, 0.15) is 0 Å². The van der Waals surface area contributed by atoms with Crippen molar-refractivity contribution in [1.29, 1.82) is 0 Å². The van der Waals surface area contributed by atoms with Gasteiger partial charge in [-0.3, -0.25) is 4.79 Å². The zero-order valence-electron chi connectivity index (χ0n) is 11.6. The fourth-order valence-electron chi connectivity index (χ4n) is 2.39. The predicted octanol–water partition coefficient (Wildman–Crippen LogP) is 2.48. The number of benzene rings is 1. The summed E-state index contributed by atoms with van der Waals surface area (Å²) in [6.07, 6.45) is 2.49. The smallest absolute Gasteiger partial charge is 0.226 e. The monoisotopic (exact) mass is 280 g/mol. The Morgan fingerprint density at radius 2 is 1.89 bits per heavy atom. The number of halogens is 1. The van der Waals surface area contributed by atoms with Crippen molar-refractivity contribution in [3.8, 4) is 0 Å². The van der Waals surface area contributed by atoms with Crippen LogP contribution in [-0.4, -0.2) is 36.5 Å². The first kappa shape index (κ1) is 14.4. The van der Waals surface area contributed by atoms with Crippen LogP contribution in [0.15, 0.2) is 24.3 Å². The van der Waals surface area contributed by atoms with Gasteiger partial charge in [-0.15, -0.1) is 0 Å².